The van der Waals surface area contributed by atoms with Crippen molar-refractivity contribution < 1.29 is 26.8 Å². The summed E-state index contributed by atoms with van der Waals surface area (Å²) in [4.78, 5) is 17.4. The van der Waals surface area contributed by atoms with Gasteiger partial charge in [0, 0.05) is 50.0 Å². The van der Waals surface area contributed by atoms with Crippen LogP contribution in [0.15, 0.2) is 83.5 Å². The van der Waals surface area contributed by atoms with Crippen molar-refractivity contribution >= 4 is 32.6 Å². The highest BCUT2D eigenvalue weighted by Crippen LogP contribution is 2.41. The van der Waals surface area contributed by atoms with Crippen LogP contribution in [0.1, 0.15) is 21.7 Å². The number of benzene rings is 3. The summed E-state index contributed by atoms with van der Waals surface area (Å²) >= 11 is 0. The predicted molar refractivity (Wildman–Crippen MR) is 150 cm³/mol. The number of hydrogen-bond donors (Lipinski definition) is 1. The minimum absolute atomic E-state index is 0.0356. The van der Waals surface area contributed by atoms with E-state index in [1.807, 2.05) is 41.1 Å². The van der Waals surface area contributed by atoms with E-state index in [0.717, 1.165) is 16.1 Å². The Bertz CT molecular complexity index is 1780. The molecule has 206 valence electrons. The third-order valence-electron chi connectivity index (χ3n) is 6.52. The van der Waals surface area contributed by atoms with Crippen molar-refractivity contribution in [2.45, 2.75) is 13.2 Å². The zero-order valence-corrected chi connectivity index (χ0v) is 22.9. The lowest BCUT2D eigenvalue weighted by Gasteiger charge is -2.20. The first-order chi connectivity index (χ1) is 19.2. The molecule has 0 spiro atoms. The Labute approximate surface area is 230 Å². The van der Waals surface area contributed by atoms with E-state index in [9.17, 15) is 17.6 Å². The van der Waals surface area contributed by atoms with E-state index >= 15 is 0 Å². The second kappa shape index (κ2) is 10.9. The van der Waals surface area contributed by atoms with Gasteiger partial charge in [-0.3, -0.25) is 9.10 Å². The summed E-state index contributed by atoms with van der Waals surface area (Å²) in [5.41, 5.74) is 2.27. The van der Waals surface area contributed by atoms with Gasteiger partial charge in [0.1, 0.15) is 35.3 Å². The normalized spacial score (nSPS) is 11.5. The first-order valence-corrected chi connectivity index (χ1v) is 14.2. The molecule has 0 aliphatic rings. The van der Waals surface area contributed by atoms with E-state index in [2.05, 4.69) is 10.3 Å². The third kappa shape index (κ3) is 5.41. The maximum atomic E-state index is 13.6. The van der Waals surface area contributed by atoms with Crippen LogP contribution in [-0.2, 0) is 23.2 Å². The van der Waals surface area contributed by atoms with Gasteiger partial charge in [-0.2, -0.15) is 0 Å². The SMILES string of the molecule is CNC(=O)c1c(-c2ccc(F)cc2)oc2cc(N(C)S(C)(=O)=O)c(OCc3nccn3Cc3ccccc3)cc12. The van der Waals surface area contributed by atoms with Crippen molar-refractivity contribution in [3.8, 4) is 17.1 Å². The fourth-order valence-electron chi connectivity index (χ4n) is 4.35. The molecule has 0 aliphatic heterocycles. The van der Waals surface area contributed by atoms with Gasteiger partial charge in [-0.25, -0.2) is 17.8 Å². The quantitative estimate of drug-likeness (QED) is 0.276. The van der Waals surface area contributed by atoms with Crippen LogP contribution in [0.5, 0.6) is 5.75 Å². The Morgan fingerprint density at radius 2 is 1.85 bits per heavy atom. The molecule has 1 amide bonds. The molecule has 0 saturated carbocycles. The number of imidazole rings is 1. The number of hydrogen-bond acceptors (Lipinski definition) is 6. The maximum Gasteiger partial charge on any atom is 0.255 e. The summed E-state index contributed by atoms with van der Waals surface area (Å²) in [7, 11) is -0.782. The van der Waals surface area contributed by atoms with E-state index in [0.29, 0.717) is 23.3 Å². The number of anilines is 1. The first kappa shape index (κ1) is 26.9. The Hall–Kier alpha value is -4.64. The van der Waals surface area contributed by atoms with Crippen molar-refractivity contribution in [2.24, 2.45) is 0 Å². The monoisotopic (exact) mass is 562 g/mol. The first-order valence-electron chi connectivity index (χ1n) is 12.3. The second-order valence-corrected chi connectivity index (χ2v) is 11.2. The van der Waals surface area contributed by atoms with Crippen LogP contribution in [0.4, 0.5) is 10.1 Å². The summed E-state index contributed by atoms with van der Waals surface area (Å²) < 4.78 is 53.9. The number of carbonyl (C=O) groups excluding carboxylic acids is 1. The Balaban J connectivity index is 1.59. The highest BCUT2D eigenvalue weighted by Gasteiger charge is 2.26. The molecule has 5 rings (SSSR count). The predicted octanol–water partition coefficient (Wildman–Crippen LogP) is 4.82. The zero-order chi connectivity index (χ0) is 28.4. The third-order valence-corrected chi connectivity index (χ3v) is 7.71. The number of carbonyl (C=O) groups is 1. The van der Waals surface area contributed by atoms with Crippen molar-refractivity contribution in [1.29, 1.82) is 0 Å². The van der Waals surface area contributed by atoms with E-state index in [1.165, 1.54) is 44.4 Å². The Morgan fingerprint density at radius 1 is 1.12 bits per heavy atom. The molecule has 11 heteroatoms. The topological polar surface area (TPSA) is 107 Å². The molecule has 5 aromatic rings. The van der Waals surface area contributed by atoms with E-state index < -0.39 is 21.7 Å². The van der Waals surface area contributed by atoms with Gasteiger partial charge in [-0.15, -0.1) is 0 Å². The number of aromatic nitrogens is 2. The molecule has 1 N–H and O–H groups in total. The van der Waals surface area contributed by atoms with Crippen LogP contribution in [0.3, 0.4) is 0 Å². The van der Waals surface area contributed by atoms with Gasteiger partial charge in [-0.1, -0.05) is 30.3 Å². The molecular formula is C29H27FN4O5S. The molecule has 2 aromatic heterocycles. The number of amides is 1. The van der Waals surface area contributed by atoms with Gasteiger partial charge in [0.05, 0.1) is 17.5 Å². The minimum Gasteiger partial charge on any atom is -0.483 e. The van der Waals surface area contributed by atoms with Gasteiger partial charge < -0.3 is 19.0 Å². The smallest absolute Gasteiger partial charge is 0.255 e. The van der Waals surface area contributed by atoms with Gasteiger partial charge >= 0.3 is 0 Å². The van der Waals surface area contributed by atoms with Crippen LogP contribution in [0.2, 0.25) is 0 Å². The summed E-state index contributed by atoms with van der Waals surface area (Å²) in [5.74, 6) is 0.207. The number of halogens is 1. The number of rotatable bonds is 9. The van der Waals surface area contributed by atoms with Crippen LogP contribution in [0.25, 0.3) is 22.3 Å². The number of fused-ring (bicyclic) bond motifs is 1. The van der Waals surface area contributed by atoms with Crippen molar-refractivity contribution in [3.05, 3.63) is 102 Å². The average molecular weight is 563 g/mol. The molecule has 0 radical (unpaired) electrons. The van der Waals surface area contributed by atoms with Crippen LogP contribution < -0.4 is 14.4 Å². The van der Waals surface area contributed by atoms with E-state index in [4.69, 9.17) is 9.15 Å². The van der Waals surface area contributed by atoms with E-state index in [-0.39, 0.29) is 35.0 Å². The molecule has 3 aromatic carbocycles. The van der Waals surface area contributed by atoms with Crippen LogP contribution in [-0.4, -0.2) is 44.2 Å². The number of nitrogens with one attached hydrogen (secondary N) is 1. The molecule has 0 atom stereocenters. The average Bonchev–Trinajstić information content (AvgIpc) is 3.54. The summed E-state index contributed by atoms with van der Waals surface area (Å²) in [6.07, 6.45) is 4.59. The Morgan fingerprint density at radius 3 is 2.52 bits per heavy atom. The van der Waals surface area contributed by atoms with Crippen molar-refractivity contribution in [3.63, 3.8) is 0 Å². The number of ether oxygens (including phenoxy) is 1. The number of nitrogens with zero attached hydrogens (tertiary/aromatic N) is 3. The largest absolute Gasteiger partial charge is 0.483 e. The number of sulfonamides is 1. The fourth-order valence-corrected chi connectivity index (χ4v) is 4.85. The molecule has 40 heavy (non-hydrogen) atoms. The minimum atomic E-state index is -3.68. The lowest BCUT2D eigenvalue weighted by Crippen LogP contribution is -2.25. The zero-order valence-electron chi connectivity index (χ0n) is 22.1. The van der Waals surface area contributed by atoms with Gasteiger partial charge in [0.2, 0.25) is 10.0 Å². The van der Waals surface area contributed by atoms with Gasteiger partial charge in [-0.05, 0) is 35.9 Å². The summed E-state index contributed by atoms with van der Waals surface area (Å²) in [6.45, 7) is 0.617. The molecule has 9 nitrogen and oxygen atoms in total. The number of furan rings is 1. The summed E-state index contributed by atoms with van der Waals surface area (Å²) in [6, 6.07) is 18.5. The highest BCUT2D eigenvalue weighted by molar-refractivity contribution is 7.92. The van der Waals surface area contributed by atoms with Crippen LogP contribution >= 0.6 is 0 Å². The molecule has 0 bridgehead atoms. The standard InChI is InChI=1S/C29H27FN4O5S/c1-31-29(35)27-22-15-25(38-18-26-32-13-14-34(26)17-19-7-5-4-6-8-19)23(33(2)40(3,36)37)16-24(22)39-28(27)20-9-11-21(30)12-10-20/h4-16H,17-18H2,1-3H3,(H,31,35). The molecule has 0 saturated heterocycles. The second-order valence-electron chi connectivity index (χ2n) is 9.18. The highest BCUT2D eigenvalue weighted by atomic mass is 32.2. The van der Waals surface area contributed by atoms with E-state index in [1.54, 1.807) is 12.3 Å². The van der Waals surface area contributed by atoms with Crippen molar-refractivity contribution in [2.75, 3.05) is 24.7 Å². The molecule has 0 fully saturated rings. The van der Waals surface area contributed by atoms with Gasteiger partial charge in [0.15, 0.2) is 0 Å². The lowest BCUT2D eigenvalue weighted by molar-refractivity contribution is 0.0964. The van der Waals surface area contributed by atoms with Crippen molar-refractivity contribution in [1.82, 2.24) is 14.9 Å². The molecule has 0 aliphatic carbocycles. The molecule has 0 unspecified atom stereocenters. The Kier molecular flexibility index (Phi) is 7.31. The van der Waals surface area contributed by atoms with Crippen LogP contribution in [0, 0.1) is 5.82 Å². The van der Waals surface area contributed by atoms with Gasteiger partial charge in [0.25, 0.3) is 5.91 Å². The maximum absolute atomic E-state index is 13.6. The summed E-state index contributed by atoms with van der Waals surface area (Å²) in [5, 5.41) is 3.02. The molecular weight excluding hydrogens is 535 g/mol. The molecule has 2 heterocycles. The lowest BCUT2D eigenvalue weighted by atomic mass is 10.0. The fraction of sp³-hybridized carbons (Fsp3) is 0.172.